The number of hydrogen-bond acceptors (Lipinski definition) is 4. The SMILES string of the molecule is O=c1[nH]ccc2nc(Nc3ccc(C(F)(F)F)cc3)ncc12. The second-order valence-corrected chi connectivity index (χ2v) is 4.50. The van der Waals surface area contributed by atoms with Gasteiger partial charge in [-0.05, 0) is 30.3 Å². The lowest BCUT2D eigenvalue weighted by Gasteiger charge is -2.08. The van der Waals surface area contributed by atoms with Gasteiger partial charge < -0.3 is 10.3 Å². The number of aromatic amines is 1. The Balaban J connectivity index is 1.88. The number of halogens is 3. The summed E-state index contributed by atoms with van der Waals surface area (Å²) in [6, 6.07) is 6.11. The van der Waals surface area contributed by atoms with Crippen LogP contribution >= 0.6 is 0 Å². The zero-order valence-electron chi connectivity index (χ0n) is 11.0. The predicted octanol–water partition coefficient (Wildman–Crippen LogP) is 3.08. The van der Waals surface area contributed by atoms with E-state index in [4.69, 9.17) is 0 Å². The van der Waals surface area contributed by atoms with Gasteiger partial charge in [-0.25, -0.2) is 9.97 Å². The molecule has 0 saturated carbocycles. The van der Waals surface area contributed by atoms with E-state index >= 15 is 0 Å². The van der Waals surface area contributed by atoms with E-state index in [1.165, 1.54) is 24.5 Å². The van der Waals surface area contributed by atoms with Crippen LogP contribution in [0, 0.1) is 0 Å². The maximum Gasteiger partial charge on any atom is 0.416 e. The van der Waals surface area contributed by atoms with Crippen LogP contribution in [-0.4, -0.2) is 15.0 Å². The third-order valence-electron chi connectivity index (χ3n) is 2.99. The van der Waals surface area contributed by atoms with Gasteiger partial charge in [0.2, 0.25) is 5.95 Å². The van der Waals surface area contributed by atoms with Gasteiger partial charge in [-0.15, -0.1) is 0 Å². The van der Waals surface area contributed by atoms with E-state index in [-0.39, 0.29) is 11.5 Å². The minimum atomic E-state index is -4.38. The summed E-state index contributed by atoms with van der Waals surface area (Å²) in [7, 11) is 0. The Bertz CT molecular complexity index is 872. The summed E-state index contributed by atoms with van der Waals surface area (Å²) in [6.45, 7) is 0. The molecular weight excluding hydrogens is 297 g/mol. The summed E-state index contributed by atoms with van der Waals surface area (Å²) in [5.41, 5.74) is -0.187. The molecule has 2 N–H and O–H groups in total. The lowest BCUT2D eigenvalue weighted by Crippen LogP contribution is -2.07. The molecule has 0 aliphatic rings. The molecule has 1 aromatic carbocycles. The Hall–Kier alpha value is -2.90. The fraction of sp³-hybridized carbons (Fsp3) is 0.0714. The summed E-state index contributed by atoms with van der Waals surface area (Å²) in [6.07, 6.45) is -1.56. The highest BCUT2D eigenvalue weighted by atomic mass is 19.4. The van der Waals surface area contributed by atoms with E-state index in [0.29, 0.717) is 16.6 Å². The average Bonchev–Trinajstić information content (AvgIpc) is 2.47. The normalized spacial score (nSPS) is 11.6. The van der Waals surface area contributed by atoms with Crippen molar-refractivity contribution < 1.29 is 13.2 Å². The zero-order valence-corrected chi connectivity index (χ0v) is 11.0. The summed E-state index contributed by atoms with van der Waals surface area (Å²) in [5, 5.41) is 3.13. The van der Waals surface area contributed by atoms with Gasteiger partial charge in [-0.2, -0.15) is 13.2 Å². The zero-order chi connectivity index (χ0) is 15.7. The van der Waals surface area contributed by atoms with E-state index in [2.05, 4.69) is 20.3 Å². The van der Waals surface area contributed by atoms with Crippen LogP contribution in [0.3, 0.4) is 0 Å². The van der Waals surface area contributed by atoms with Crippen LogP contribution in [0.4, 0.5) is 24.8 Å². The maximum atomic E-state index is 12.5. The standard InChI is InChI=1S/C14H9F3N4O/c15-14(16,17)8-1-3-9(4-2-8)20-13-19-7-10-11(21-13)5-6-18-12(10)22/h1-7H,(H,18,22)(H,19,20,21). The molecule has 0 aliphatic heterocycles. The summed E-state index contributed by atoms with van der Waals surface area (Å²) in [5.74, 6) is 0.192. The second kappa shape index (κ2) is 5.14. The number of anilines is 2. The first-order chi connectivity index (χ1) is 10.4. The van der Waals surface area contributed by atoms with Crippen molar-refractivity contribution in [1.82, 2.24) is 15.0 Å². The summed E-state index contributed by atoms with van der Waals surface area (Å²) >= 11 is 0. The molecule has 0 bridgehead atoms. The summed E-state index contributed by atoms with van der Waals surface area (Å²) < 4.78 is 37.4. The van der Waals surface area contributed by atoms with Gasteiger partial charge in [0.1, 0.15) is 0 Å². The van der Waals surface area contributed by atoms with Crippen molar-refractivity contribution in [2.45, 2.75) is 6.18 Å². The monoisotopic (exact) mass is 306 g/mol. The number of fused-ring (bicyclic) bond motifs is 1. The fourth-order valence-electron chi connectivity index (χ4n) is 1.90. The van der Waals surface area contributed by atoms with Gasteiger partial charge in [-0.1, -0.05) is 0 Å². The number of aromatic nitrogens is 3. The van der Waals surface area contributed by atoms with Gasteiger partial charge >= 0.3 is 6.18 Å². The molecule has 22 heavy (non-hydrogen) atoms. The highest BCUT2D eigenvalue weighted by Gasteiger charge is 2.29. The lowest BCUT2D eigenvalue weighted by molar-refractivity contribution is -0.137. The largest absolute Gasteiger partial charge is 0.416 e. The van der Waals surface area contributed by atoms with Gasteiger partial charge in [0, 0.05) is 18.1 Å². The molecule has 0 spiro atoms. The Morgan fingerprint density at radius 3 is 2.50 bits per heavy atom. The molecule has 0 unspecified atom stereocenters. The Morgan fingerprint density at radius 1 is 1.09 bits per heavy atom. The molecule has 0 aliphatic carbocycles. The lowest BCUT2D eigenvalue weighted by atomic mass is 10.2. The van der Waals surface area contributed by atoms with Crippen LogP contribution in [0.1, 0.15) is 5.56 Å². The minimum absolute atomic E-state index is 0.192. The Morgan fingerprint density at radius 2 is 1.82 bits per heavy atom. The molecule has 0 atom stereocenters. The first-order valence-corrected chi connectivity index (χ1v) is 6.22. The van der Waals surface area contributed by atoms with Crippen LogP contribution < -0.4 is 10.9 Å². The number of hydrogen-bond donors (Lipinski definition) is 2. The van der Waals surface area contributed by atoms with E-state index in [1.807, 2.05) is 0 Å². The minimum Gasteiger partial charge on any atom is -0.328 e. The van der Waals surface area contributed by atoms with Crippen LogP contribution in [0.15, 0.2) is 47.5 Å². The number of benzene rings is 1. The van der Waals surface area contributed by atoms with Gasteiger partial charge in [0.05, 0.1) is 16.5 Å². The van der Waals surface area contributed by atoms with Gasteiger partial charge in [0.25, 0.3) is 5.56 Å². The molecule has 5 nitrogen and oxygen atoms in total. The van der Waals surface area contributed by atoms with Crippen LogP contribution in [0.25, 0.3) is 10.9 Å². The number of nitrogens with one attached hydrogen (secondary N) is 2. The number of pyridine rings is 1. The van der Waals surface area contributed by atoms with Crippen molar-refractivity contribution in [2.75, 3.05) is 5.32 Å². The molecule has 2 aromatic heterocycles. The highest BCUT2D eigenvalue weighted by Crippen LogP contribution is 2.30. The van der Waals surface area contributed by atoms with Gasteiger partial charge in [-0.3, -0.25) is 4.79 Å². The van der Waals surface area contributed by atoms with Crippen molar-refractivity contribution in [3.8, 4) is 0 Å². The summed E-state index contributed by atoms with van der Waals surface area (Å²) in [4.78, 5) is 22.1. The molecule has 0 fully saturated rings. The predicted molar refractivity (Wildman–Crippen MR) is 74.9 cm³/mol. The Labute approximate surface area is 121 Å². The molecule has 0 saturated heterocycles. The molecule has 112 valence electrons. The molecule has 2 heterocycles. The van der Waals surface area contributed by atoms with Gasteiger partial charge in [0.15, 0.2) is 0 Å². The topological polar surface area (TPSA) is 70.7 Å². The van der Waals surface area contributed by atoms with Crippen LogP contribution in [-0.2, 0) is 6.18 Å². The van der Waals surface area contributed by atoms with Crippen molar-refractivity contribution in [3.63, 3.8) is 0 Å². The molecule has 8 heteroatoms. The third kappa shape index (κ3) is 2.76. The number of alkyl halides is 3. The third-order valence-corrected chi connectivity index (χ3v) is 2.99. The molecule has 3 aromatic rings. The van der Waals surface area contributed by atoms with Crippen molar-refractivity contribution in [2.24, 2.45) is 0 Å². The molecule has 0 amide bonds. The first-order valence-electron chi connectivity index (χ1n) is 6.22. The molecular formula is C14H9F3N4O. The Kier molecular flexibility index (Phi) is 3.28. The smallest absolute Gasteiger partial charge is 0.328 e. The molecule has 0 radical (unpaired) electrons. The second-order valence-electron chi connectivity index (χ2n) is 4.50. The maximum absolute atomic E-state index is 12.5. The average molecular weight is 306 g/mol. The quantitative estimate of drug-likeness (QED) is 0.763. The van der Waals surface area contributed by atoms with Crippen molar-refractivity contribution >= 4 is 22.5 Å². The van der Waals surface area contributed by atoms with E-state index < -0.39 is 11.7 Å². The first kappa shape index (κ1) is 14.1. The number of rotatable bonds is 2. The fourth-order valence-corrected chi connectivity index (χ4v) is 1.90. The van der Waals surface area contributed by atoms with E-state index in [1.54, 1.807) is 6.07 Å². The van der Waals surface area contributed by atoms with Crippen molar-refractivity contribution in [3.05, 3.63) is 58.6 Å². The number of H-pyrrole nitrogens is 1. The van der Waals surface area contributed by atoms with Crippen LogP contribution in [0.5, 0.6) is 0 Å². The van der Waals surface area contributed by atoms with E-state index in [0.717, 1.165) is 12.1 Å². The van der Waals surface area contributed by atoms with E-state index in [9.17, 15) is 18.0 Å². The number of nitrogens with zero attached hydrogens (tertiary/aromatic N) is 2. The van der Waals surface area contributed by atoms with Crippen LogP contribution in [0.2, 0.25) is 0 Å². The molecule has 3 rings (SSSR count). The highest BCUT2D eigenvalue weighted by molar-refractivity contribution is 5.77. The van der Waals surface area contributed by atoms with Crippen molar-refractivity contribution in [1.29, 1.82) is 0 Å².